The summed E-state index contributed by atoms with van der Waals surface area (Å²) < 4.78 is 45.0. The number of alkyl halides is 3. The maximum atomic E-state index is 12.4. The Morgan fingerprint density at radius 2 is 1.86 bits per heavy atom. The fourth-order valence-corrected chi connectivity index (χ4v) is 3.85. The number of halogens is 3. The SMILES string of the molecule is N=c1sc2cc(OC(F)(F)F)ccc2n1CCn1cc(-c2ccc(N)cc2)nn1. The van der Waals surface area contributed by atoms with Crippen LogP contribution in [0.5, 0.6) is 5.75 Å². The molecular formula is C18H15F3N6OS. The van der Waals surface area contributed by atoms with E-state index in [1.165, 1.54) is 18.2 Å². The zero-order valence-corrected chi connectivity index (χ0v) is 15.7. The van der Waals surface area contributed by atoms with Gasteiger partial charge in [-0.2, -0.15) is 0 Å². The van der Waals surface area contributed by atoms with Gasteiger partial charge in [0.25, 0.3) is 0 Å². The molecule has 11 heteroatoms. The molecule has 0 aliphatic heterocycles. The summed E-state index contributed by atoms with van der Waals surface area (Å²) in [7, 11) is 0. The molecule has 0 atom stereocenters. The van der Waals surface area contributed by atoms with E-state index in [2.05, 4.69) is 15.0 Å². The van der Waals surface area contributed by atoms with Crippen molar-refractivity contribution in [2.75, 3.05) is 5.73 Å². The molecule has 2 aromatic heterocycles. The van der Waals surface area contributed by atoms with Crippen LogP contribution < -0.4 is 15.3 Å². The molecule has 0 saturated heterocycles. The summed E-state index contributed by atoms with van der Waals surface area (Å²) in [5, 5.41) is 16.4. The normalized spacial score (nSPS) is 11.8. The minimum absolute atomic E-state index is 0.225. The second-order valence-corrected chi connectivity index (χ2v) is 7.26. The molecule has 0 aliphatic carbocycles. The van der Waals surface area contributed by atoms with Crippen molar-refractivity contribution in [2.24, 2.45) is 0 Å². The highest BCUT2D eigenvalue weighted by molar-refractivity contribution is 7.16. The number of aromatic nitrogens is 4. The molecule has 0 amide bonds. The molecule has 2 heterocycles. The number of ether oxygens (including phenoxy) is 1. The number of rotatable bonds is 5. The molecule has 0 bridgehead atoms. The highest BCUT2D eigenvalue weighted by Gasteiger charge is 2.31. The van der Waals surface area contributed by atoms with Gasteiger partial charge in [0.15, 0.2) is 4.80 Å². The molecule has 0 aliphatic rings. The van der Waals surface area contributed by atoms with Gasteiger partial charge < -0.3 is 15.0 Å². The van der Waals surface area contributed by atoms with E-state index < -0.39 is 6.36 Å². The van der Waals surface area contributed by atoms with E-state index in [-0.39, 0.29) is 10.6 Å². The van der Waals surface area contributed by atoms with Gasteiger partial charge in [0.05, 0.1) is 23.0 Å². The standard InChI is InChI=1S/C18H15F3N6OS/c19-18(20,21)28-13-5-6-15-16(9-13)29-17(23)27(15)8-7-26-10-14(24-25-26)11-1-3-12(22)4-2-11/h1-6,9-10,23H,7-8,22H2. The molecule has 29 heavy (non-hydrogen) atoms. The van der Waals surface area contributed by atoms with E-state index in [1.807, 2.05) is 12.1 Å². The van der Waals surface area contributed by atoms with Gasteiger partial charge in [-0.25, -0.2) is 0 Å². The first-order chi connectivity index (χ1) is 13.8. The quantitative estimate of drug-likeness (QED) is 0.482. The Balaban J connectivity index is 1.52. The van der Waals surface area contributed by atoms with Gasteiger partial charge in [0.1, 0.15) is 11.4 Å². The van der Waals surface area contributed by atoms with Crippen molar-refractivity contribution in [3.8, 4) is 17.0 Å². The van der Waals surface area contributed by atoms with Gasteiger partial charge >= 0.3 is 6.36 Å². The van der Waals surface area contributed by atoms with Crippen molar-refractivity contribution in [2.45, 2.75) is 19.5 Å². The smallest absolute Gasteiger partial charge is 0.406 e. The molecule has 0 fully saturated rings. The third-order valence-electron chi connectivity index (χ3n) is 4.21. The van der Waals surface area contributed by atoms with Crippen LogP contribution in [0, 0.1) is 5.41 Å². The van der Waals surface area contributed by atoms with Crippen molar-refractivity contribution < 1.29 is 17.9 Å². The minimum atomic E-state index is -4.75. The number of nitrogen functional groups attached to an aromatic ring is 1. The summed E-state index contributed by atoms with van der Waals surface area (Å²) >= 11 is 1.08. The lowest BCUT2D eigenvalue weighted by Gasteiger charge is -2.09. The predicted octanol–water partition coefficient (Wildman–Crippen LogP) is 3.62. The van der Waals surface area contributed by atoms with E-state index in [4.69, 9.17) is 11.1 Å². The van der Waals surface area contributed by atoms with Crippen molar-refractivity contribution in [1.29, 1.82) is 5.41 Å². The van der Waals surface area contributed by atoms with Gasteiger partial charge in [0.2, 0.25) is 0 Å². The van der Waals surface area contributed by atoms with Gasteiger partial charge in [0, 0.05) is 17.8 Å². The number of hydrogen-bond donors (Lipinski definition) is 2. The zero-order chi connectivity index (χ0) is 20.6. The van der Waals surface area contributed by atoms with E-state index in [1.54, 1.807) is 27.6 Å². The fraction of sp³-hybridized carbons (Fsp3) is 0.167. The molecule has 4 aromatic rings. The first-order valence-corrected chi connectivity index (χ1v) is 9.30. The van der Waals surface area contributed by atoms with Crippen LogP contribution in [0.15, 0.2) is 48.7 Å². The monoisotopic (exact) mass is 420 g/mol. The molecule has 0 spiro atoms. The summed E-state index contributed by atoms with van der Waals surface area (Å²) in [5.41, 5.74) is 8.59. The Kier molecular flexibility index (Phi) is 4.74. The van der Waals surface area contributed by atoms with Crippen molar-refractivity contribution >= 4 is 27.2 Å². The van der Waals surface area contributed by atoms with E-state index in [0.717, 1.165) is 16.9 Å². The van der Waals surface area contributed by atoms with Crippen LogP contribution in [0.25, 0.3) is 21.5 Å². The lowest BCUT2D eigenvalue weighted by atomic mass is 10.1. The molecule has 3 N–H and O–H groups in total. The number of hydrogen-bond acceptors (Lipinski definition) is 6. The second-order valence-electron chi connectivity index (χ2n) is 6.23. The van der Waals surface area contributed by atoms with E-state index in [0.29, 0.717) is 34.7 Å². The van der Waals surface area contributed by atoms with Crippen LogP contribution in [0.3, 0.4) is 0 Å². The van der Waals surface area contributed by atoms with Crippen molar-refractivity contribution in [3.63, 3.8) is 0 Å². The number of benzene rings is 2. The van der Waals surface area contributed by atoms with Crippen LogP contribution in [-0.2, 0) is 13.1 Å². The number of aryl methyl sites for hydroxylation is 2. The predicted molar refractivity (Wildman–Crippen MR) is 102 cm³/mol. The van der Waals surface area contributed by atoms with Crippen LogP contribution in [0.2, 0.25) is 0 Å². The van der Waals surface area contributed by atoms with E-state index in [9.17, 15) is 13.2 Å². The Bertz CT molecular complexity index is 1210. The summed E-state index contributed by atoms with van der Waals surface area (Å²) in [6, 6.07) is 11.3. The lowest BCUT2D eigenvalue weighted by molar-refractivity contribution is -0.274. The molecule has 0 unspecified atom stereocenters. The van der Waals surface area contributed by atoms with Gasteiger partial charge in [-0.05, 0) is 30.3 Å². The first-order valence-electron chi connectivity index (χ1n) is 8.48. The molecule has 4 rings (SSSR count). The van der Waals surface area contributed by atoms with Gasteiger partial charge in [-0.15, -0.1) is 18.3 Å². The molecule has 0 radical (unpaired) electrons. The Morgan fingerprint density at radius 3 is 2.59 bits per heavy atom. The largest absolute Gasteiger partial charge is 0.573 e. The summed E-state index contributed by atoms with van der Waals surface area (Å²) in [5.74, 6) is -0.303. The maximum Gasteiger partial charge on any atom is 0.573 e. The number of fused-ring (bicyclic) bond motifs is 1. The minimum Gasteiger partial charge on any atom is -0.406 e. The van der Waals surface area contributed by atoms with Crippen molar-refractivity contribution in [3.05, 3.63) is 53.5 Å². The van der Waals surface area contributed by atoms with Crippen molar-refractivity contribution in [1.82, 2.24) is 19.6 Å². The summed E-state index contributed by atoms with van der Waals surface area (Å²) in [6.07, 6.45) is -2.96. The third-order valence-corrected chi connectivity index (χ3v) is 5.17. The number of nitrogens with one attached hydrogen (secondary N) is 1. The molecule has 150 valence electrons. The van der Waals surface area contributed by atoms with Gasteiger partial charge in [-0.3, -0.25) is 10.1 Å². The van der Waals surface area contributed by atoms with Crippen LogP contribution >= 0.6 is 11.3 Å². The zero-order valence-electron chi connectivity index (χ0n) is 14.8. The Morgan fingerprint density at radius 1 is 1.10 bits per heavy atom. The molecule has 7 nitrogen and oxygen atoms in total. The second kappa shape index (κ2) is 7.24. The maximum absolute atomic E-state index is 12.4. The summed E-state index contributed by atoms with van der Waals surface area (Å²) in [6.45, 7) is 0.869. The van der Waals surface area contributed by atoms with Crippen LogP contribution in [-0.4, -0.2) is 25.9 Å². The Labute approximate surface area is 166 Å². The number of anilines is 1. The Hall–Kier alpha value is -3.34. The van der Waals surface area contributed by atoms with Crippen LogP contribution in [0.4, 0.5) is 18.9 Å². The fourth-order valence-electron chi connectivity index (χ4n) is 2.88. The van der Waals surface area contributed by atoms with Crippen LogP contribution in [0.1, 0.15) is 0 Å². The number of thiazole rings is 1. The lowest BCUT2D eigenvalue weighted by Crippen LogP contribution is -2.17. The highest BCUT2D eigenvalue weighted by Crippen LogP contribution is 2.28. The molecule has 2 aromatic carbocycles. The molecule has 0 saturated carbocycles. The number of nitrogens with zero attached hydrogens (tertiary/aromatic N) is 4. The number of nitrogens with two attached hydrogens (primary N) is 1. The first kappa shape index (κ1) is 19.0. The average molecular weight is 420 g/mol. The highest BCUT2D eigenvalue weighted by atomic mass is 32.1. The average Bonchev–Trinajstić information content (AvgIpc) is 3.23. The summed E-state index contributed by atoms with van der Waals surface area (Å²) in [4.78, 5) is 0.225. The van der Waals surface area contributed by atoms with E-state index >= 15 is 0 Å². The van der Waals surface area contributed by atoms with Gasteiger partial charge in [-0.1, -0.05) is 28.7 Å². The topological polar surface area (TPSA) is 94.7 Å². The molecular weight excluding hydrogens is 405 g/mol. The third kappa shape index (κ3) is 4.24.